The van der Waals surface area contributed by atoms with Crippen LogP contribution in [0.15, 0.2) is 65.6 Å². The highest BCUT2D eigenvalue weighted by Gasteiger charge is 2.33. The second-order valence-electron chi connectivity index (χ2n) is 8.09. The summed E-state index contributed by atoms with van der Waals surface area (Å²) in [4.78, 5) is 12.5. The van der Waals surface area contributed by atoms with E-state index in [0.717, 1.165) is 28.5 Å². The molecule has 0 radical (unpaired) electrons. The Morgan fingerprint density at radius 2 is 1.66 bits per heavy atom. The third-order valence-corrected chi connectivity index (χ3v) is 7.88. The lowest BCUT2D eigenvalue weighted by Crippen LogP contribution is -2.43. The van der Waals surface area contributed by atoms with Crippen molar-refractivity contribution in [2.75, 3.05) is 13.1 Å². The molecule has 1 N–H and O–H groups in total. The number of carbonyl (C=O) groups excluding carboxylic acids is 1. The minimum absolute atomic E-state index is 0.115. The Hall–Kier alpha value is -2.84. The molecule has 3 aromatic carbocycles. The van der Waals surface area contributed by atoms with Gasteiger partial charge in [-0.05, 0) is 60.4 Å². The van der Waals surface area contributed by atoms with Crippen LogP contribution in [0.1, 0.15) is 31.4 Å². The third kappa shape index (κ3) is 4.52. The number of benzene rings is 3. The first-order chi connectivity index (χ1) is 15.3. The molecule has 0 bridgehead atoms. The van der Waals surface area contributed by atoms with Gasteiger partial charge >= 0.3 is 0 Å². The number of carbonyl (C=O) groups is 1. The first-order valence-electron chi connectivity index (χ1n) is 10.5. The first-order valence-corrected chi connectivity index (χ1v) is 11.9. The SMILES string of the molecule is CC(NC(=O)C1CCN(S(=O)(=O)c2ccc(F)c(F)c2)CC1)c1ccc2ccccc2c1. The number of piperidine rings is 1. The molecule has 1 saturated heterocycles. The van der Waals surface area contributed by atoms with Gasteiger partial charge in [-0.2, -0.15) is 4.31 Å². The molecular formula is C24H24F2N2O3S. The van der Waals surface area contributed by atoms with E-state index in [4.69, 9.17) is 0 Å². The first kappa shape index (κ1) is 22.4. The number of nitrogens with one attached hydrogen (secondary N) is 1. The number of fused-ring (bicyclic) bond motifs is 1. The van der Waals surface area contributed by atoms with Crippen LogP contribution in [0.25, 0.3) is 10.8 Å². The summed E-state index contributed by atoms with van der Waals surface area (Å²) >= 11 is 0. The van der Waals surface area contributed by atoms with E-state index >= 15 is 0 Å². The van der Waals surface area contributed by atoms with Gasteiger partial charge in [-0.15, -0.1) is 0 Å². The average molecular weight is 459 g/mol. The Bertz CT molecular complexity index is 1260. The Labute approximate surface area is 186 Å². The van der Waals surface area contributed by atoms with Crippen LogP contribution in [0.4, 0.5) is 8.78 Å². The molecule has 8 heteroatoms. The summed E-state index contributed by atoms with van der Waals surface area (Å²) in [7, 11) is -3.94. The number of halogens is 2. The standard InChI is InChI=1S/C24H24F2N2O3S/c1-16(19-7-6-17-4-2-3-5-20(17)14-19)27-24(29)18-10-12-28(13-11-18)32(30,31)21-8-9-22(25)23(26)15-21/h2-9,14-16,18H,10-13H2,1H3,(H,27,29). The summed E-state index contributed by atoms with van der Waals surface area (Å²) in [6, 6.07) is 16.4. The van der Waals surface area contributed by atoms with E-state index in [1.807, 2.05) is 43.3 Å². The Morgan fingerprint density at radius 3 is 2.34 bits per heavy atom. The van der Waals surface area contributed by atoms with Crippen molar-refractivity contribution >= 4 is 26.7 Å². The molecule has 4 rings (SSSR count). The number of nitrogens with zero attached hydrogens (tertiary/aromatic N) is 1. The minimum Gasteiger partial charge on any atom is -0.349 e. The molecule has 1 aliphatic rings. The highest BCUT2D eigenvalue weighted by atomic mass is 32.2. The molecule has 0 aromatic heterocycles. The van der Waals surface area contributed by atoms with Gasteiger partial charge in [-0.3, -0.25) is 4.79 Å². The zero-order valence-corrected chi connectivity index (χ0v) is 18.4. The predicted octanol–water partition coefficient (Wildman–Crippen LogP) is 4.40. The van der Waals surface area contributed by atoms with Crippen molar-refractivity contribution in [2.45, 2.75) is 30.7 Å². The number of hydrogen-bond donors (Lipinski definition) is 1. The number of rotatable bonds is 5. The van der Waals surface area contributed by atoms with Crippen LogP contribution in [0.3, 0.4) is 0 Å². The van der Waals surface area contributed by atoms with Crippen LogP contribution in [-0.4, -0.2) is 31.7 Å². The van der Waals surface area contributed by atoms with Gasteiger partial charge < -0.3 is 5.32 Å². The van der Waals surface area contributed by atoms with E-state index in [1.54, 1.807) is 0 Å². The van der Waals surface area contributed by atoms with Crippen LogP contribution >= 0.6 is 0 Å². The Kier molecular flexibility index (Phi) is 6.26. The van der Waals surface area contributed by atoms with Gasteiger partial charge in [0.1, 0.15) is 0 Å². The van der Waals surface area contributed by atoms with Gasteiger partial charge in [0, 0.05) is 19.0 Å². The maximum absolute atomic E-state index is 13.5. The molecule has 1 aliphatic heterocycles. The minimum atomic E-state index is -3.94. The van der Waals surface area contributed by atoms with Gasteiger partial charge in [-0.1, -0.05) is 36.4 Å². The normalized spacial score (nSPS) is 16.7. The van der Waals surface area contributed by atoms with E-state index in [9.17, 15) is 22.0 Å². The fourth-order valence-corrected chi connectivity index (χ4v) is 5.52. The van der Waals surface area contributed by atoms with Crippen LogP contribution in [0, 0.1) is 17.6 Å². The zero-order chi connectivity index (χ0) is 22.9. The summed E-state index contributed by atoms with van der Waals surface area (Å²) < 4.78 is 53.3. The Morgan fingerprint density at radius 1 is 0.969 bits per heavy atom. The van der Waals surface area contributed by atoms with Crippen molar-refractivity contribution in [3.63, 3.8) is 0 Å². The molecule has 168 valence electrons. The summed E-state index contributed by atoms with van der Waals surface area (Å²) in [6.07, 6.45) is 0.721. The number of amides is 1. The molecule has 5 nitrogen and oxygen atoms in total. The average Bonchev–Trinajstić information content (AvgIpc) is 2.80. The summed E-state index contributed by atoms with van der Waals surface area (Å²) in [5, 5.41) is 5.26. The lowest BCUT2D eigenvalue weighted by atomic mass is 9.96. The highest BCUT2D eigenvalue weighted by Crippen LogP contribution is 2.26. The molecule has 1 heterocycles. The van der Waals surface area contributed by atoms with Crippen LogP contribution in [0.5, 0.6) is 0 Å². The molecule has 0 aliphatic carbocycles. The summed E-state index contributed by atoms with van der Waals surface area (Å²) in [6.45, 7) is 2.21. The lowest BCUT2D eigenvalue weighted by Gasteiger charge is -2.31. The molecule has 1 amide bonds. The predicted molar refractivity (Wildman–Crippen MR) is 118 cm³/mol. The summed E-state index contributed by atoms with van der Waals surface area (Å²) in [5.41, 5.74) is 0.996. The highest BCUT2D eigenvalue weighted by molar-refractivity contribution is 7.89. The largest absolute Gasteiger partial charge is 0.349 e. The van der Waals surface area contributed by atoms with Crippen LogP contribution < -0.4 is 5.32 Å². The second-order valence-corrected chi connectivity index (χ2v) is 10.0. The number of sulfonamides is 1. The second kappa shape index (κ2) is 8.96. The van der Waals surface area contributed by atoms with Gasteiger partial charge in [0.25, 0.3) is 0 Å². The maximum atomic E-state index is 13.5. The van der Waals surface area contributed by atoms with E-state index in [2.05, 4.69) is 11.4 Å². The van der Waals surface area contributed by atoms with E-state index in [-0.39, 0.29) is 35.9 Å². The van der Waals surface area contributed by atoms with Crippen molar-refractivity contribution in [1.82, 2.24) is 9.62 Å². The van der Waals surface area contributed by atoms with E-state index in [1.165, 1.54) is 4.31 Å². The fraction of sp³-hybridized carbons (Fsp3) is 0.292. The zero-order valence-electron chi connectivity index (χ0n) is 17.6. The third-order valence-electron chi connectivity index (χ3n) is 5.99. The Balaban J connectivity index is 1.38. The summed E-state index contributed by atoms with van der Waals surface area (Å²) in [5.74, 6) is -2.73. The molecule has 0 spiro atoms. The van der Waals surface area contributed by atoms with Crippen molar-refractivity contribution < 1.29 is 22.0 Å². The topological polar surface area (TPSA) is 66.5 Å². The van der Waals surface area contributed by atoms with E-state index < -0.39 is 21.7 Å². The molecule has 1 unspecified atom stereocenters. The van der Waals surface area contributed by atoms with Crippen molar-refractivity contribution in [1.29, 1.82) is 0 Å². The molecule has 3 aromatic rings. The fourth-order valence-electron chi connectivity index (χ4n) is 4.04. The van der Waals surface area contributed by atoms with Crippen molar-refractivity contribution in [3.05, 3.63) is 77.9 Å². The lowest BCUT2D eigenvalue weighted by molar-refractivity contribution is -0.126. The van der Waals surface area contributed by atoms with Crippen LogP contribution in [-0.2, 0) is 14.8 Å². The molecule has 32 heavy (non-hydrogen) atoms. The molecule has 1 atom stereocenters. The monoisotopic (exact) mass is 458 g/mol. The van der Waals surface area contributed by atoms with Crippen molar-refractivity contribution in [3.8, 4) is 0 Å². The van der Waals surface area contributed by atoms with Gasteiger partial charge in [-0.25, -0.2) is 17.2 Å². The van der Waals surface area contributed by atoms with E-state index in [0.29, 0.717) is 18.9 Å². The maximum Gasteiger partial charge on any atom is 0.243 e. The number of hydrogen-bond acceptors (Lipinski definition) is 3. The smallest absolute Gasteiger partial charge is 0.243 e. The van der Waals surface area contributed by atoms with Gasteiger partial charge in [0.05, 0.1) is 10.9 Å². The molecule has 0 saturated carbocycles. The molecule has 1 fully saturated rings. The van der Waals surface area contributed by atoms with Crippen molar-refractivity contribution in [2.24, 2.45) is 5.92 Å². The van der Waals surface area contributed by atoms with Gasteiger partial charge in [0.15, 0.2) is 11.6 Å². The quantitative estimate of drug-likeness (QED) is 0.617. The van der Waals surface area contributed by atoms with Crippen LogP contribution in [0.2, 0.25) is 0 Å². The van der Waals surface area contributed by atoms with Gasteiger partial charge in [0.2, 0.25) is 15.9 Å². The molecular weight excluding hydrogens is 434 g/mol.